The molecule has 0 saturated carbocycles. The normalized spacial score (nSPS) is 10.7. The molecule has 14 heavy (non-hydrogen) atoms. The number of aryl methyl sites for hydroxylation is 2. The van der Waals surface area contributed by atoms with Gasteiger partial charge in [0, 0.05) is 17.7 Å². The Kier molecular flexibility index (Phi) is 3.10. The van der Waals surface area contributed by atoms with Crippen molar-refractivity contribution in [3.05, 3.63) is 15.4 Å². The van der Waals surface area contributed by atoms with Crippen LogP contribution in [-0.4, -0.2) is 21.1 Å². The maximum atomic E-state index is 5.62. The Morgan fingerprint density at radius 1 is 1.43 bits per heavy atom. The number of alkyl halides is 1. The van der Waals surface area contributed by atoms with Gasteiger partial charge >= 0.3 is 0 Å². The number of rotatable bonds is 3. The lowest BCUT2D eigenvalue weighted by atomic mass is 10.5. The monoisotopic (exact) mass is 245 g/mol. The van der Waals surface area contributed by atoms with Crippen molar-refractivity contribution in [3.63, 3.8) is 0 Å². The van der Waals surface area contributed by atoms with Crippen molar-refractivity contribution in [2.75, 3.05) is 5.88 Å². The molecular formula is C8H8ClN3S2. The number of aromatic nitrogens is 3. The predicted molar refractivity (Wildman–Crippen MR) is 60.2 cm³/mol. The summed E-state index contributed by atoms with van der Waals surface area (Å²) in [4.78, 5) is 4.35. The fourth-order valence-electron chi connectivity index (χ4n) is 1.00. The van der Waals surface area contributed by atoms with Crippen molar-refractivity contribution in [2.45, 2.75) is 13.3 Å². The van der Waals surface area contributed by atoms with Crippen LogP contribution in [0.2, 0.25) is 0 Å². The van der Waals surface area contributed by atoms with Crippen LogP contribution in [0.5, 0.6) is 0 Å². The van der Waals surface area contributed by atoms with Crippen LogP contribution in [0.25, 0.3) is 10.7 Å². The zero-order valence-corrected chi connectivity index (χ0v) is 9.92. The van der Waals surface area contributed by atoms with E-state index in [1.54, 1.807) is 22.7 Å². The Hall–Kier alpha value is -0.520. The molecule has 0 amide bonds. The number of hydrogen-bond donors (Lipinski definition) is 0. The lowest BCUT2D eigenvalue weighted by molar-refractivity contribution is 0.987. The van der Waals surface area contributed by atoms with E-state index in [2.05, 4.69) is 15.2 Å². The fourth-order valence-corrected chi connectivity index (χ4v) is 2.76. The minimum atomic E-state index is 0.588. The summed E-state index contributed by atoms with van der Waals surface area (Å²) >= 11 is 8.81. The van der Waals surface area contributed by atoms with E-state index in [4.69, 9.17) is 11.6 Å². The minimum Gasteiger partial charge on any atom is -0.239 e. The SMILES string of the molecule is Cc1nc(-c2nnc(CCCl)s2)cs1. The second-order valence-corrected chi connectivity index (χ2v) is 5.19. The van der Waals surface area contributed by atoms with Gasteiger partial charge in [-0.2, -0.15) is 0 Å². The zero-order valence-electron chi connectivity index (χ0n) is 7.53. The van der Waals surface area contributed by atoms with E-state index in [-0.39, 0.29) is 0 Å². The van der Waals surface area contributed by atoms with Gasteiger partial charge in [-0.1, -0.05) is 11.3 Å². The minimum absolute atomic E-state index is 0.588. The molecule has 0 N–H and O–H groups in total. The van der Waals surface area contributed by atoms with Crippen LogP contribution in [0.3, 0.4) is 0 Å². The van der Waals surface area contributed by atoms with Gasteiger partial charge in [0.1, 0.15) is 10.7 Å². The maximum absolute atomic E-state index is 5.62. The third-order valence-corrected chi connectivity index (χ3v) is 3.58. The molecule has 0 aliphatic rings. The van der Waals surface area contributed by atoms with E-state index < -0.39 is 0 Å². The van der Waals surface area contributed by atoms with Crippen LogP contribution in [0.1, 0.15) is 10.0 Å². The Balaban J connectivity index is 2.24. The van der Waals surface area contributed by atoms with Crippen LogP contribution in [-0.2, 0) is 6.42 Å². The van der Waals surface area contributed by atoms with Gasteiger partial charge in [0.15, 0.2) is 5.01 Å². The van der Waals surface area contributed by atoms with Crippen LogP contribution >= 0.6 is 34.3 Å². The lowest BCUT2D eigenvalue weighted by Crippen LogP contribution is -1.83. The third-order valence-electron chi connectivity index (χ3n) is 1.61. The van der Waals surface area contributed by atoms with Crippen LogP contribution in [0.4, 0.5) is 0 Å². The van der Waals surface area contributed by atoms with Gasteiger partial charge in [0.05, 0.1) is 5.01 Å². The molecule has 0 radical (unpaired) electrons. The van der Waals surface area contributed by atoms with E-state index in [0.717, 1.165) is 27.1 Å². The molecule has 2 aromatic rings. The summed E-state index contributed by atoms with van der Waals surface area (Å²) in [5.74, 6) is 0.588. The molecule has 2 heterocycles. The van der Waals surface area contributed by atoms with Crippen molar-refractivity contribution < 1.29 is 0 Å². The van der Waals surface area contributed by atoms with Gasteiger partial charge in [-0.3, -0.25) is 0 Å². The highest BCUT2D eigenvalue weighted by Gasteiger charge is 2.08. The van der Waals surface area contributed by atoms with E-state index >= 15 is 0 Å². The Morgan fingerprint density at radius 3 is 2.93 bits per heavy atom. The lowest BCUT2D eigenvalue weighted by Gasteiger charge is -1.84. The molecule has 0 spiro atoms. The molecule has 74 valence electrons. The van der Waals surface area contributed by atoms with E-state index in [1.165, 1.54) is 0 Å². The van der Waals surface area contributed by atoms with Crippen molar-refractivity contribution in [1.82, 2.24) is 15.2 Å². The van der Waals surface area contributed by atoms with Crippen LogP contribution in [0, 0.1) is 6.92 Å². The van der Waals surface area contributed by atoms with Crippen molar-refractivity contribution in [2.24, 2.45) is 0 Å². The highest BCUT2D eigenvalue weighted by atomic mass is 35.5. The number of nitrogens with zero attached hydrogens (tertiary/aromatic N) is 3. The smallest absolute Gasteiger partial charge is 0.167 e. The Bertz CT molecular complexity index is 424. The van der Waals surface area contributed by atoms with Gasteiger partial charge in [-0.15, -0.1) is 33.1 Å². The molecule has 3 nitrogen and oxygen atoms in total. The molecule has 0 atom stereocenters. The highest BCUT2D eigenvalue weighted by molar-refractivity contribution is 7.15. The van der Waals surface area contributed by atoms with Gasteiger partial charge < -0.3 is 0 Å². The first-order valence-electron chi connectivity index (χ1n) is 4.10. The molecule has 0 saturated heterocycles. The standard InChI is InChI=1S/C8H8ClN3S2/c1-5-10-6(4-13-5)8-12-11-7(14-8)2-3-9/h4H,2-3H2,1H3. The molecular weight excluding hydrogens is 238 g/mol. The highest BCUT2D eigenvalue weighted by Crippen LogP contribution is 2.24. The van der Waals surface area contributed by atoms with E-state index in [9.17, 15) is 0 Å². The Labute approximate surface area is 94.8 Å². The number of halogens is 1. The first kappa shape index (κ1) is 10.0. The molecule has 6 heteroatoms. The molecule has 0 aromatic carbocycles. The van der Waals surface area contributed by atoms with E-state index in [0.29, 0.717) is 5.88 Å². The average Bonchev–Trinajstić information content (AvgIpc) is 2.74. The summed E-state index contributed by atoms with van der Waals surface area (Å²) in [5, 5.41) is 13.0. The maximum Gasteiger partial charge on any atom is 0.167 e. The fraction of sp³-hybridized carbons (Fsp3) is 0.375. The topological polar surface area (TPSA) is 38.7 Å². The van der Waals surface area contributed by atoms with Crippen molar-refractivity contribution in [3.8, 4) is 10.7 Å². The largest absolute Gasteiger partial charge is 0.239 e. The molecule has 0 aliphatic carbocycles. The van der Waals surface area contributed by atoms with Gasteiger partial charge in [0.25, 0.3) is 0 Å². The van der Waals surface area contributed by atoms with Crippen molar-refractivity contribution in [1.29, 1.82) is 0 Å². The van der Waals surface area contributed by atoms with Gasteiger partial charge in [0.2, 0.25) is 0 Å². The summed E-state index contributed by atoms with van der Waals surface area (Å²) in [6.45, 7) is 1.98. The second-order valence-electron chi connectivity index (χ2n) is 2.69. The summed E-state index contributed by atoms with van der Waals surface area (Å²) in [5.41, 5.74) is 0.922. The average molecular weight is 246 g/mol. The molecule has 0 bridgehead atoms. The quantitative estimate of drug-likeness (QED) is 0.781. The van der Waals surface area contributed by atoms with Crippen LogP contribution in [0.15, 0.2) is 5.38 Å². The molecule has 2 aromatic heterocycles. The number of hydrogen-bond acceptors (Lipinski definition) is 5. The molecule has 0 fully saturated rings. The van der Waals surface area contributed by atoms with E-state index in [1.807, 2.05) is 12.3 Å². The summed E-state index contributed by atoms with van der Waals surface area (Å²) in [6.07, 6.45) is 0.780. The molecule has 0 unspecified atom stereocenters. The van der Waals surface area contributed by atoms with Crippen molar-refractivity contribution >= 4 is 34.3 Å². The van der Waals surface area contributed by atoms with Crippen LogP contribution < -0.4 is 0 Å². The molecule has 2 rings (SSSR count). The summed E-state index contributed by atoms with van der Waals surface area (Å²) in [7, 11) is 0. The summed E-state index contributed by atoms with van der Waals surface area (Å²) in [6, 6.07) is 0. The zero-order chi connectivity index (χ0) is 9.97. The first-order valence-corrected chi connectivity index (χ1v) is 6.33. The summed E-state index contributed by atoms with van der Waals surface area (Å²) < 4.78 is 0. The van der Waals surface area contributed by atoms with Gasteiger partial charge in [-0.05, 0) is 6.92 Å². The molecule has 0 aliphatic heterocycles. The van der Waals surface area contributed by atoms with Gasteiger partial charge in [-0.25, -0.2) is 4.98 Å². The Morgan fingerprint density at radius 2 is 2.29 bits per heavy atom. The second kappa shape index (κ2) is 4.33. The first-order chi connectivity index (χ1) is 6.79. The predicted octanol–water partition coefficient (Wildman–Crippen LogP) is 2.75. The number of thiazole rings is 1. The third kappa shape index (κ3) is 2.10.